The van der Waals surface area contributed by atoms with Crippen molar-refractivity contribution in [2.24, 2.45) is 0 Å². The molecule has 1 aromatic rings. The monoisotopic (exact) mass is 356 g/mol. The summed E-state index contributed by atoms with van der Waals surface area (Å²) in [4.78, 5) is 36.5. The molecule has 2 amide bonds. The fraction of sp³-hybridized carbons (Fsp3) is 0.267. The third kappa shape index (κ3) is 3.33. The van der Waals surface area contributed by atoms with Crippen LogP contribution in [0.2, 0.25) is 0 Å². The van der Waals surface area contributed by atoms with E-state index in [2.05, 4.69) is 11.9 Å². The van der Waals surface area contributed by atoms with Crippen LogP contribution in [-0.4, -0.2) is 51.3 Å². The Hall–Kier alpha value is -2.05. The lowest BCUT2D eigenvalue weighted by Crippen LogP contribution is -2.72. The number of nitrogens with zero attached hydrogens (tertiary/aromatic N) is 1. The van der Waals surface area contributed by atoms with Crippen molar-refractivity contribution in [3.63, 3.8) is 0 Å². The second kappa shape index (κ2) is 7.02. The van der Waals surface area contributed by atoms with Crippen LogP contribution in [0.5, 0.6) is 0 Å². The van der Waals surface area contributed by atoms with Crippen molar-refractivity contribution >= 4 is 41.0 Å². The Bertz CT molecular complexity index is 650. The summed E-state index contributed by atoms with van der Waals surface area (Å²) in [5.74, 6) is -2.45. The van der Waals surface area contributed by atoms with E-state index >= 15 is 0 Å². The number of halogens is 2. The fourth-order valence-corrected chi connectivity index (χ4v) is 2.78. The molecular weight excluding hydrogens is 343 g/mol. The lowest BCUT2D eigenvalue weighted by atomic mass is 9.99. The largest absolute Gasteiger partial charge is 0.479 e. The van der Waals surface area contributed by atoms with E-state index in [0.717, 1.165) is 4.90 Å². The standard InChI is InChI=1S/C15H14Cl2N2O4/c1-8(7-16)11(15(22)23)19-12(17)10(14(19)21)18-13(20)9-5-3-2-4-6-9/h2-6,10-12H,1,7H2,(H,18,20)(H,22,23)/t10?,11-,12?/m1/s1. The number of alkyl halides is 2. The molecule has 1 fully saturated rings. The first-order chi connectivity index (χ1) is 10.9. The molecule has 1 aromatic carbocycles. The number of β-lactam (4-membered cyclic amide) rings is 1. The predicted molar refractivity (Wildman–Crippen MR) is 85.5 cm³/mol. The molecule has 3 atom stereocenters. The zero-order valence-electron chi connectivity index (χ0n) is 11.9. The number of amides is 2. The van der Waals surface area contributed by atoms with Gasteiger partial charge in [-0.15, -0.1) is 11.6 Å². The van der Waals surface area contributed by atoms with Gasteiger partial charge in [0.1, 0.15) is 11.5 Å². The number of benzene rings is 1. The molecule has 0 bridgehead atoms. The van der Waals surface area contributed by atoms with Crippen LogP contribution in [0.1, 0.15) is 10.4 Å². The van der Waals surface area contributed by atoms with E-state index in [9.17, 15) is 19.5 Å². The molecule has 0 saturated carbocycles. The van der Waals surface area contributed by atoms with E-state index in [0.29, 0.717) is 5.56 Å². The van der Waals surface area contributed by atoms with Crippen LogP contribution >= 0.6 is 23.2 Å². The van der Waals surface area contributed by atoms with E-state index in [-0.39, 0.29) is 11.5 Å². The molecule has 0 radical (unpaired) electrons. The van der Waals surface area contributed by atoms with Crippen LogP contribution in [0, 0.1) is 0 Å². The number of nitrogens with one attached hydrogen (secondary N) is 1. The SMILES string of the molecule is C=C(CCl)[C@H](C(=O)O)N1C(=O)C(NC(=O)c2ccccc2)C1Cl. The molecule has 122 valence electrons. The van der Waals surface area contributed by atoms with E-state index in [4.69, 9.17) is 23.2 Å². The minimum absolute atomic E-state index is 0.120. The molecule has 0 spiro atoms. The van der Waals surface area contributed by atoms with Crippen molar-refractivity contribution in [2.75, 3.05) is 5.88 Å². The average molecular weight is 357 g/mol. The number of hydrogen-bond donors (Lipinski definition) is 2. The maximum atomic E-state index is 12.2. The summed E-state index contributed by atoms with van der Waals surface area (Å²) in [5, 5.41) is 11.7. The van der Waals surface area contributed by atoms with Gasteiger partial charge in [-0.25, -0.2) is 4.79 Å². The number of carboxylic acids is 1. The Morgan fingerprint density at radius 3 is 2.43 bits per heavy atom. The number of rotatable bonds is 6. The van der Waals surface area contributed by atoms with Gasteiger partial charge in [-0.05, 0) is 17.7 Å². The number of hydrogen-bond acceptors (Lipinski definition) is 3. The van der Waals surface area contributed by atoms with E-state index in [1.807, 2.05) is 0 Å². The fourth-order valence-electron chi connectivity index (χ4n) is 2.26. The zero-order valence-corrected chi connectivity index (χ0v) is 13.4. The first-order valence-electron chi connectivity index (χ1n) is 6.67. The van der Waals surface area contributed by atoms with E-state index in [1.54, 1.807) is 30.3 Å². The lowest BCUT2D eigenvalue weighted by molar-refractivity contribution is -0.158. The van der Waals surface area contributed by atoms with Crippen molar-refractivity contribution in [3.05, 3.63) is 48.0 Å². The third-order valence-electron chi connectivity index (χ3n) is 3.45. The molecule has 2 rings (SSSR count). The van der Waals surface area contributed by atoms with Gasteiger partial charge in [-0.3, -0.25) is 9.59 Å². The molecule has 2 N–H and O–H groups in total. The second-order valence-corrected chi connectivity index (χ2v) is 5.68. The Morgan fingerprint density at radius 1 is 1.35 bits per heavy atom. The maximum Gasteiger partial charge on any atom is 0.330 e. The van der Waals surface area contributed by atoms with Gasteiger partial charge in [0.15, 0.2) is 6.04 Å². The summed E-state index contributed by atoms with van der Waals surface area (Å²) >= 11 is 11.7. The minimum Gasteiger partial charge on any atom is -0.479 e. The van der Waals surface area contributed by atoms with Gasteiger partial charge >= 0.3 is 5.97 Å². The van der Waals surface area contributed by atoms with E-state index in [1.165, 1.54) is 0 Å². The molecule has 2 unspecified atom stereocenters. The van der Waals surface area contributed by atoms with Crippen molar-refractivity contribution in [3.8, 4) is 0 Å². The molecule has 1 saturated heterocycles. The predicted octanol–water partition coefficient (Wildman–Crippen LogP) is 1.44. The summed E-state index contributed by atoms with van der Waals surface area (Å²) in [6, 6.07) is 6.01. The zero-order chi connectivity index (χ0) is 17.1. The second-order valence-electron chi connectivity index (χ2n) is 4.97. The summed E-state index contributed by atoms with van der Waals surface area (Å²) in [6.07, 6.45) is 0. The Kier molecular flexibility index (Phi) is 5.28. The normalized spacial score (nSPS) is 21.3. The molecule has 0 aliphatic carbocycles. The average Bonchev–Trinajstić information content (AvgIpc) is 2.56. The summed E-state index contributed by atoms with van der Waals surface area (Å²) in [7, 11) is 0. The van der Waals surface area contributed by atoms with Crippen LogP contribution in [-0.2, 0) is 9.59 Å². The van der Waals surface area contributed by atoms with Crippen LogP contribution in [0.4, 0.5) is 0 Å². The van der Waals surface area contributed by atoms with Crippen LogP contribution < -0.4 is 5.32 Å². The molecular formula is C15H14Cl2N2O4. The number of likely N-dealkylation sites (tertiary alicyclic amines) is 1. The lowest BCUT2D eigenvalue weighted by Gasteiger charge is -2.46. The van der Waals surface area contributed by atoms with Gasteiger partial charge in [0.2, 0.25) is 0 Å². The third-order valence-corrected chi connectivity index (χ3v) is 4.26. The topological polar surface area (TPSA) is 86.7 Å². The minimum atomic E-state index is -1.31. The smallest absolute Gasteiger partial charge is 0.330 e. The number of carboxylic acid groups (broad SMARTS) is 1. The molecule has 6 nitrogen and oxygen atoms in total. The van der Waals surface area contributed by atoms with Gasteiger partial charge in [-0.2, -0.15) is 0 Å². The number of carbonyl (C=O) groups excluding carboxylic acids is 2. The highest BCUT2D eigenvalue weighted by atomic mass is 35.5. The van der Waals surface area contributed by atoms with E-state index < -0.39 is 35.4 Å². The van der Waals surface area contributed by atoms with Crippen molar-refractivity contribution < 1.29 is 19.5 Å². The maximum absolute atomic E-state index is 12.2. The number of carbonyl (C=O) groups is 3. The molecule has 1 aliphatic rings. The van der Waals surface area contributed by atoms with Crippen molar-refractivity contribution in [1.29, 1.82) is 0 Å². The summed E-state index contributed by atoms with van der Waals surface area (Å²) in [6.45, 7) is 3.55. The van der Waals surface area contributed by atoms with Gasteiger partial charge < -0.3 is 15.3 Å². The highest BCUT2D eigenvalue weighted by molar-refractivity contribution is 6.27. The van der Waals surface area contributed by atoms with Crippen LogP contribution in [0.15, 0.2) is 42.5 Å². The van der Waals surface area contributed by atoms with Gasteiger partial charge in [0, 0.05) is 11.4 Å². The molecule has 23 heavy (non-hydrogen) atoms. The highest BCUT2D eigenvalue weighted by Gasteiger charge is 2.52. The first-order valence-corrected chi connectivity index (χ1v) is 7.64. The number of aliphatic carboxylic acids is 1. The van der Waals surface area contributed by atoms with Crippen LogP contribution in [0.3, 0.4) is 0 Å². The van der Waals surface area contributed by atoms with Crippen LogP contribution in [0.25, 0.3) is 0 Å². The summed E-state index contributed by atoms with van der Waals surface area (Å²) < 4.78 is 0. The highest BCUT2D eigenvalue weighted by Crippen LogP contribution is 2.29. The Labute approximate surface area is 142 Å². The van der Waals surface area contributed by atoms with Gasteiger partial charge in [0.05, 0.1) is 0 Å². The summed E-state index contributed by atoms with van der Waals surface area (Å²) in [5.41, 5.74) is -0.468. The molecule has 8 heteroatoms. The Balaban J connectivity index is 2.09. The molecule has 1 aliphatic heterocycles. The first kappa shape index (κ1) is 17.3. The quantitative estimate of drug-likeness (QED) is 0.349. The van der Waals surface area contributed by atoms with Crippen molar-refractivity contribution in [1.82, 2.24) is 10.2 Å². The molecule has 1 heterocycles. The van der Waals surface area contributed by atoms with Gasteiger partial charge in [-0.1, -0.05) is 36.4 Å². The van der Waals surface area contributed by atoms with Gasteiger partial charge in [0.25, 0.3) is 11.8 Å². The molecule has 0 aromatic heterocycles. The Morgan fingerprint density at radius 2 is 1.96 bits per heavy atom. The van der Waals surface area contributed by atoms with Crippen molar-refractivity contribution in [2.45, 2.75) is 17.6 Å².